The van der Waals surface area contributed by atoms with Crippen LogP contribution in [0.1, 0.15) is 59.3 Å². The first-order valence-corrected chi connectivity index (χ1v) is 15.8. The molecule has 1 aliphatic heterocycles. The topological polar surface area (TPSA) is 72.9 Å². The molecule has 1 aliphatic rings. The number of ether oxygens (including phenoxy) is 2. The number of allylic oxidation sites excluding steroid dienone is 1. The highest BCUT2D eigenvalue weighted by Crippen LogP contribution is 2.48. The molecule has 3 rings (SSSR count). The van der Waals surface area contributed by atoms with Crippen LogP contribution < -0.4 is 14.4 Å². The summed E-state index contributed by atoms with van der Waals surface area (Å²) >= 11 is 1.48. The summed E-state index contributed by atoms with van der Waals surface area (Å²) in [5, 5.41) is 0. The third-order valence-electron chi connectivity index (χ3n) is 6.86. The minimum absolute atomic E-state index is 0.0982. The van der Waals surface area contributed by atoms with E-state index in [0.717, 1.165) is 54.9 Å². The van der Waals surface area contributed by atoms with Crippen LogP contribution in [-0.2, 0) is 14.6 Å². The van der Waals surface area contributed by atoms with Crippen molar-refractivity contribution < 1.29 is 22.7 Å². The van der Waals surface area contributed by atoms with Gasteiger partial charge in [0, 0.05) is 29.8 Å². The van der Waals surface area contributed by atoms with Crippen molar-refractivity contribution in [2.24, 2.45) is 5.41 Å². The number of hydrogen-bond acceptors (Lipinski definition) is 7. The molecule has 0 spiro atoms. The molecule has 0 saturated carbocycles. The molecule has 0 aliphatic carbocycles. The summed E-state index contributed by atoms with van der Waals surface area (Å²) in [5.74, 6) is 1.13. The van der Waals surface area contributed by atoms with Gasteiger partial charge in [-0.25, -0.2) is 8.42 Å². The Labute approximate surface area is 226 Å². The molecule has 8 heteroatoms. The van der Waals surface area contributed by atoms with Crippen LogP contribution in [0.3, 0.4) is 0 Å². The minimum Gasteiger partial charge on any atom is -0.497 e. The van der Waals surface area contributed by atoms with Gasteiger partial charge in [0.15, 0.2) is 15.6 Å². The van der Waals surface area contributed by atoms with Gasteiger partial charge in [0.05, 0.1) is 34.6 Å². The Morgan fingerprint density at radius 2 is 1.76 bits per heavy atom. The number of unbranched alkanes of at least 4 members (excludes halogenated alkanes) is 2. The smallest absolute Gasteiger partial charge is 0.181 e. The standard InChI is InChI=1S/C29H39NO5S2/c1-6-8-15-29(16-9-7-2)20-30(23-10-12-24(34-4)13-11-23)25-18-27(36-5)26(35-17-14-22(3)31)19-28(25)37(32,33)21-29/h10-14,17-19H,6-9,15-16,20-21H2,1-5H3/b17-14-. The number of benzene rings is 2. The molecule has 0 saturated heterocycles. The van der Waals surface area contributed by atoms with Gasteiger partial charge in [0.25, 0.3) is 0 Å². The molecule has 0 aromatic heterocycles. The number of methoxy groups -OCH3 is 1. The molecular weight excluding hydrogens is 506 g/mol. The number of ketones is 1. The van der Waals surface area contributed by atoms with Crippen molar-refractivity contribution in [3.8, 4) is 11.5 Å². The first-order valence-electron chi connectivity index (χ1n) is 12.9. The van der Waals surface area contributed by atoms with Crippen LogP contribution in [0.25, 0.3) is 0 Å². The molecule has 1 heterocycles. The molecule has 0 fully saturated rings. The van der Waals surface area contributed by atoms with Gasteiger partial charge in [-0.3, -0.25) is 4.79 Å². The fourth-order valence-corrected chi connectivity index (χ4v) is 7.57. The number of carbonyl (C=O) groups is 1. The monoisotopic (exact) mass is 545 g/mol. The maximum atomic E-state index is 14.1. The molecule has 2 aromatic carbocycles. The molecule has 0 N–H and O–H groups in total. The van der Waals surface area contributed by atoms with E-state index in [0.29, 0.717) is 18.0 Å². The van der Waals surface area contributed by atoms with Crippen LogP contribution in [-0.4, -0.2) is 39.9 Å². The Kier molecular flexibility index (Phi) is 10.1. The van der Waals surface area contributed by atoms with Crippen molar-refractivity contribution in [2.45, 2.75) is 69.1 Å². The van der Waals surface area contributed by atoms with Crippen molar-refractivity contribution in [3.63, 3.8) is 0 Å². The Bertz CT molecular complexity index is 1200. The van der Waals surface area contributed by atoms with Gasteiger partial charge in [-0.15, -0.1) is 11.8 Å². The highest BCUT2D eigenvalue weighted by molar-refractivity contribution is 7.98. The second-order valence-electron chi connectivity index (χ2n) is 9.75. The fraction of sp³-hybridized carbons (Fsp3) is 0.483. The first kappa shape index (κ1) is 29.1. The normalized spacial score (nSPS) is 16.3. The summed E-state index contributed by atoms with van der Waals surface area (Å²) in [5.41, 5.74) is 1.21. The lowest BCUT2D eigenvalue weighted by atomic mass is 9.79. The lowest BCUT2D eigenvalue weighted by Crippen LogP contribution is -2.38. The molecular formula is C29H39NO5S2. The molecule has 0 radical (unpaired) electrons. The number of carbonyl (C=O) groups excluding carboxylic acids is 1. The van der Waals surface area contributed by atoms with Crippen LogP contribution in [0.4, 0.5) is 11.4 Å². The van der Waals surface area contributed by atoms with Crippen LogP contribution in [0, 0.1) is 5.41 Å². The molecule has 6 nitrogen and oxygen atoms in total. The van der Waals surface area contributed by atoms with Gasteiger partial charge >= 0.3 is 0 Å². The summed E-state index contributed by atoms with van der Waals surface area (Å²) in [7, 11) is -2.00. The minimum atomic E-state index is -3.64. The molecule has 0 amide bonds. The van der Waals surface area contributed by atoms with Gasteiger partial charge in [0.1, 0.15) is 11.5 Å². The second kappa shape index (κ2) is 12.9. The number of anilines is 2. The highest BCUT2D eigenvalue weighted by Gasteiger charge is 2.42. The predicted molar refractivity (Wildman–Crippen MR) is 152 cm³/mol. The Morgan fingerprint density at radius 3 is 2.30 bits per heavy atom. The van der Waals surface area contributed by atoms with Crippen molar-refractivity contribution >= 4 is 38.8 Å². The number of nitrogens with zero attached hydrogens (tertiary/aromatic N) is 1. The van der Waals surface area contributed by atoms with E-state index in [9.17, 15) is 13.2 Å². The summed E-state index contributed by atoms with van der Waals surface area (Å²) in [4.78, 5) is 14.6. The Balaban J connectivity index is 2.24. The van der Waals surface area contributed by atoms with Crippen molar-refractivity contribution in [1.82, 2.24) is 0 Å². The van der Waals surface area contributed by atoms with Crippen LogP contribution in [0.15, 0.2) is 58.5 Å². The zero-order chi connectivity index (χ0) is 27.1. The van der Waals surface area contributed by atoms with E-state index in [1.54, 1.807) is 13.2 Å². The molecule has 0 bridgehead atoms. The lowest BCUT2D eigenvalue weighted by molar-refractivity contribution is -0.112. The third-order valence-corrected chi connectivity index (χ3v) is 9.61. The second-order valence-corrected chi connectivity index (χ2v) is 12.6. The number of rotatable bonds is 12. The maximum absolute atomic E-state index is 14.1. The van der Waals surface area contributed by atoms with Crippen LogP contribution in [0.2, 0.25) is 0 Å². The van der Waals surface area contributed by atoms with E-state index in [4.69, 9.17) is 9.47 Å². The maximum Gasteiger partial charge on any atom is 0.181 e. The van der Waals surface area contributed by atoms with Crippen molar-refractivity contribution in [2.75, 3.05) is 30.6 Å². The average Bonchev–Trinajstić information content (AvgIpc) is 2.97. The molecule has 0 atom stereocenters. The lowest BCUT2D eigenvalue weighted by Gasteiger charge is -2.37. The number of hydrogen-bond donors (Lipinski definition) is 0. The summed E-state index contributed by atoms with van der Waals surface area (Å²) < 4.78 is 39.3. The van der Waals surface area contributed by atoms with Gasteiger partial charge in [-0.1, -0.05) is 39.5 Å². The van der Waals surface area contributed by atoms with E-state index in [1.807, 2.05) is 36.6 Å². The Morgan fingerprint density at radius 1 is 1.11 bits per heavy atom. The summed E-state index contributed by atoms with van der Waals surface area (Å²) in [6.45, 7) is 6.36. The van der Waals surface area contributed by atoms with Gasteiger partial charge in [-0.05, 0) is 56.4 Å². The van der Waals surface area contributed by atoms with E-state index < -0.39 is 9.84 Å². The van der Waals surface area contributed by atoms with Crippen LogP contribution in [0.5, 0.6) is 11.5 Å². The molecule has 0 unspecified atom stereocenters. The highest BCUT2D eigenvalue weighted by atomic mass is 32.2. The molecule has 37 heavy (non-hydrogen) atoms. The van der Waals surface area contributed by atoms with Gasteiger partial charge in [-0.2, -0.15) is 0 Å². The quantitative estimate of drug-likeness (QED) is 0.159. The molecule has 202 valence electrons. The zero-order valence-electron chi connectivity index (χ0n) is 22.6. The van der Waals surface area contributed by atoms with Crippen LogP contribution >= 0.6 is 11.8 Å². The first-order chi connectivity index (χ1) is 17.7. The largest absolute Gasteiger partial charge is 0.497 e. The predicted octanol–water partition coefficient (Wildman–Crippen LogP) is 7.19. The van der Waals surface area contributed by atoms with E-state index in [2.05, 4.69) is 18.7 Å². The van der Waals surface area contributed by atoms with Crippen molar-refractivity contribution in [3.05, 3.63) is 48.7 Å². The summed E-state index contributed by atoms with van der Waals surface area (Å²) in [6.07, 6.45) is 10.3. The van der Waals surface area contributed by atoms with Crippen molar-refractivity contribution in [1.29, 1.82) is 0 Å². The average molecular weight is 546 g/mol. The summed E-state index contributed by atoms with van der Waals surface area (Å²) in [6, 6.07) is 11.3. The molecule has 2 aromatic rings. The number of sulfone groups is 1. The third kappa shape index (κ3) is 7.11. The van der Waals surface area contributed by atoms with E-state index >= 15 is 0 Å². The van der Waals surface area contributed by atoms with E-state index in [-0.39, 0.29) is 21.8 Å². The number of fused-ring (bicyclic) bond motifs is 1. The zero-order valence-corrected chi connectivity index (χ0v) is 24.2. The fourth-order valence-electron chi connectivity index (χ4n) is 4.92. The van der Waals surface area contributed by atoms with E-state index in [1.165, 1.54) is 31.0 Å². The van der Waals surface area contributed by atoms with Gasteiger partial charge < -0.3 is 14.4 Å². The number of thioether (sulfide) groups is 1. The SMILES string of the molecule is CCCCC1(CCCC)CN(c2ccc(OC)cc2)c2cc(SC)c(O/C=C\C(C)=O)cc2S(=O)(=O)C1. The Hall–Kier alpha value is -2.45. The van der Waals surface area contributed by atoms with Gasteiger partial charge in [0.2, 0.25) is 0 Å².